The number of piperidine rings is 1. The fourth-order valence-electron chi connectivity index (χ4n) is 5.39. The van der Waals surface area contributed by atoms with E-state index in [1.54, 1.807) is 0 Å². The first-order valence-electron chi connectivity index (χ1n) is 15.0. The highest BCUT2D eigenvalue weighted by Gasteiger charge is 2.95. The summed E-state index contributed by atoms with van der Waals surface area (Å²) in [7, 11) is 0. The number of likely N-dealkylation sites (N-methyl/N-ethyl adjacent to an activating group) is 1. The SMILES string of the molecule is CCN1CCCC1CNC(=O)C1CCN(C(=O)OC(C)(C)CCC(F)(F)C(F)(F)C(F)(F)C(F)(F)C(F)(F)C(F)(F)C(F)(F)C(F)(F)F)CC1. The first-order chi connectivity index (χ1) is 22.3. The van der Waals surface area contributed by atoms with Crippen molar-refractivity contribution in [2.45, 2.75) is 119 Å². The molecule has 0 radical (unpaired) electrons. The summed E-state index contributed by atoms with van der Waals surface area (Å²) in [6, 6.07) is 0.151. The molecule has 0 bridgehead atoms. The summed E-state index contributed by atoms with van der Waals surface area (Å²) in [5.41, 5.74) is -2.33. The molecule has 0 saturated carbocycles. The Balaban J connectivity index is 2.07. The minimum absolute atomic E-state index is 0.0929. The second-order valence-electron chi connectivity index (χ2n) is 12.7. The van der Waals surface area contributed by atoms with Gasteiger partial charge >= 0.3 is 53.7 Å². The van der Waals surface area contributed by atoms with Crippen molar-refractivity contribution < 1.29 is 89.0 Å². The quantitative estimate of drug-likeness (QED) is 0.182. The van der Waals surface area contributed by atoms with Crippen molar-refractivity contribution in [2.75, 3.05) is 32.7 Å². The zero-order valence-corrected chi connectivity index (χ0v) is 26.5. The molecule has 1 atom stereocenters. The number of rotatable bonds is 14. The maximum absolute atomic E-state index is 14.4. The molecule has 2 aliphatic heterocycles. The van der Waals surface area contributed by atoms with Crippen LogP contribution in [0.2, 0.25) is 0 Å². The number of carbonyl (C=O) groups is 2. The van der Waals surface area contributed by atoms with E-state index in [4.69, 9.17) is 4.74 Å². The number of hydrogen-bond donors (Lipinski definition) is 1. The third-order valence-corrected chi connectivity index (χ3v) is 8.73. The van der Waals surface area contributed by atoms with Crippen LogP contribution in [0.5, 0.6) is 0 Å². The van der Waals surface area contributed by atoms with E-state index in [1.807, 2.05) is 6.92 Å². The predicted octanol–water partition coefficient (Wildman–Crippen LogP) is 8.00. The second-order valence-corrected chi connectivity index (χ2v) is 12.7. The van der Waals surface area contributed by atoms with E-state index >= 15 is 0 Å². The molecule has 2 rings (SSSR count). The van der Waals surface area contributed by atoms with Crippen molar-refractivity contribution in [3.8, 4) is 0 Å². The molecule has 2 aliphatic rings. The number of carbonyl (C=O) groups excluding carboxylic acids is 2. The molecule has 2 amide bonds. The van der Waals surface area contributed by atoms with Gasteiger partial charge in [0.2, 0.25) is 5.91 Å². The number of nitrogens with one attached hydrogen (secondary N) is 1. The second kappa shape index (κ2) is 14.1. The Morgan fingerprint density at radius 2 is 1.12 bits per heavy atom. The van der Waals surface area contributed by atoms with E-state index in [9.17, 15) is 84.2 Å². The number of nitrogens with zero attached hydrogens (tertiary/aromatic N) is 2. The van der Waals surface area contributed by atoms with Gasteiger partial charge in [-0.1, -0.05) is 6.92 Å². The molecule has 1 N–H and O–H groups in total. The van der Waals surface area contributed by atoms with Crippen molar-refractivity contribution in [3.63, 3.8) is 0 Å². The van der Waals surface area contributed by atoms with Crippen molar-refractivity contribution in [1.82, 2.24) is 15.1 Å². The van der Waals surface area contributed by atoms with Gasteiger partial charge in [0.15, 0.2) is 0 Å². The van der Waals surface area contributed by atoms with E-state index < -0.39 is 78.1 Å². The van der Waals surface area contributed by atoms with E-state index in [1.165, 1.54) is 0 Å². The van der Waals surface area contributed by atoms with E-state index in [2.05, 4.69) is 10.2 Å². The molecule has 0 aromatic carbocycles. The lowest BCUT2D eigenvalue weighted by Gasteiger charge is -2.43. The highest BCUT2D eigenvalue weighted by atomic mass is 19.4. The number of ether oxygens (including phenoxy) is 1. The van der Waals surface area contributed by atoms with Gasteiger partial charge in [0.05, 0.1) is 0 Å². The number of hydrogen-bond acceptors (Lipinski definition) is 4. The van der Waals surface area contributed by atoms with E-state index in [0.29, 0.717) is 6.54 Å². The topological polar surface area (TPSA) is 61.9 Å². The Labute approximate surface area is 274 Å². The third kappa shape index (κ3) is 7.80. The number of amides is 2. The summed E-state index contributed by atoms with van der Waals surface area (Å²) in [6.45, 7) is 5.23. The normalized spacial score (nSPS) is 20.3. The molecule has 6 nitrogen and oxygen atoms in total. The van der Waals surface area contributed by atoms with Crippen LogP contribution in [0.15, 0.2) is 0 Å². The van der Waals surface area contributed by atoms with Gasteiger partial charge in [0.1, 0.15) is 5.60 Å². The molecular weight excluding hydrogens is 737 g/mol. The molecule has 50 heavy (non-hydrogen) atoms. The molecule has 2 heterocycles. The number of likely N-dealkylation sites (tertiary alicyclic amines) is 2. The largest absolute Gasteiger partial charge is 0.460 e. The zero-order valence-electron chi connectivity index (χ0n) is 26.5. The van der Waals surface area contributed by atoms with Crippen LogP contribution in [0.25, 0.3) is 0 Å². The van der Waals surface area contributed by atoms with Gasteiger partial charge < -0.3 is 15.0 Å². The molecule has 0 spiro atoms. The summed E-state index contributed by atoms with van der Waals surface area (Å²) in [5, 5.41) is 2.83. The fraction of sp³-hybridized carbons (Fsp3) is 0.926. The summed E-state index contributed by atoms with van der Waals surface area (Å²) in [5.74, 6) is -57.8. The van der Waals surface area contributed by atoms with Crippen molar-refractivity contribution in [1.29, 1.82) is 0 Å². The Hall–Kier alpha value is -2.49. The molecule has 23 heteroatoms. The van der Waals surface area contributed by atoms with Crippen LogP contribution in [-0.4, -0.2) is 114 Å². The monoisotopic (exact) mass is 771 g/mol. The molecule has 294 valence electrons. The smallest absolute Gasteiger partial charge is 0.443 e. The molecule has 0 aliphatic carbocycles. The molecule has 2 fully saturated rings. The summed E-state index contributed by atoms with van der Waals surface area (Å²) in [4.78, 5) is 28.3. The Morgan fingerprint density at radius 1 is 0.660 bits per heavy atom. The molecular formula is C27H34F17N3O3. The molecule has 2 saturated heterocycles. The molecule has 0 aromatic rings. The van der Waals surface area contributed by atoms with Crippen LogP contribution in [0, 0.1) is 5.92 Å². The van der Waals surface area contributed by atoms with Crippen LogP contribution < -0.4 is 5.32 Å². The Bertz CT molecular complexity index is 1200. The minimum Gasteiger partial charge on any atom is -0.443 e. The van der Waals surface area contributed by atoms with Gasteiger partial charge in [-0.15, -0.1) is 0 Å². The van der Waals surface area contributed by atoms with Gasteiger partial charge in [-0.25, -0.2) is 4.79 Å². The van der Waals surface area contributed by atoms with Crippen LogP contribution in [0.4, 0.5) is 79.4 Å². The van der Waals surface area contributed by atoms with Crippen molar-refractivity contribution >= 4 is 12.0 Å². The lowest BCUT2D eigenvalue weighted by Crippen LogP contribution is -2.74. The van der Waals surface area contributed by atoms with E-state index in [0.717, 1.165) is 44.7 Å². The van der Waals surface area contributed by atoms with Gasteiger partial charge in [-0.3, -0.25) is 9.69 Å². The van der Waals surface area contributed by atoms with Crippen molar-refractivity contribution in [3.05, 3.63) is 0 Å². The first-order valence-corrected chi connectivity index (χ1v) is 15.0. The van der Waals surface area contributed by atoms with Crippen LogP contribution >= 0.6 is 0 Å². The molecule has 0 aromatic heterocycles. The van der Waals surface area contributed by atoms with E-state index in [-0.39, 0.29) is 37.9 Å². The standard InChI is InChI=1S/C27H34F17N3O3/c1-4-46-11-5-6-16(46)14-45-17(48)15-7-12-47(13-8-15)18(49)50-19(2,3)9-10-20(28,29)21(30,31)22(32,33)23(34,35)24(36,37)25(38,39)26(40,41)27(42,43)44/h15-16H,4-14H2,1-3H3,(H,45,48). The molecule has 1 unspecified atom stereocenters. The number of halogens is 17. The highest BCUT2D eigenvalue weighted by Crippen LogP contribution is 2.64. The fourth-order valence-corrected chi connectivity index (χ4v) is 5.39. The van der Waals surface area contributed by atoms with Gasteiger partial charge in [-0.05, 0) is 59.0 Å². The lowest BCUT2D eigenvalue weighted by molar-refractivity contribution is -0.462. The van der Waals surface area contributed by atoms with Crippen LogP contribution in [0.3, 0.4) is 0 Å². The van der Waals surface area contributed by atoms with Crippen molar-refractivity contribution in [2.24, 2.45) is 5.92 Å². The van der Waals surface area contributed by atoms with Crippen LogP contribution in [-0.2, 0) is 9.53 Å². The summed E-state index contributed by atoms with van der Waals surface area (Å²) >= 11 is 0. The van der Waals surface area contributed by atoms with Gasteiger partial charge in [0.25, 0.3) is 0 Å². The predicted molar refractivity (Wildman–Crippen MR) is 138 cm³/mol. The van der Waals surface area contributed by atoms with Gasteiger partial charge in [-0.2, -0.15) is 74.6 Å². The summed E-state index contributed by atoms with van der Waals surface area (Å²) < 4.78 is 235. The average Bonchev–Trinajstić information content (AvgIpc) is 3.45. The lowest BCUT2D eigenvalue weighted by atomic mass is 9.87. The maximum Gasteiger partial charge on any atom is 0.460 e. The average molecular weight is 772 g/mol. The Morgan fingerprint density at radius 3 is 1.58 bits per heavy atom. The number of alkyl halides is 17. The highest BCUT2D eigenvalue weighted by molar-refractivity contribution is 5.79. The Kier molecular flexibility index (Phi) is 12.4. The minimum atomic E-state index is -8.70. The maximum atomic E-state index is 14.4. The van der Waals surface area contributed by atoms with Gasteiger partial charge in [0, 0.05) is 38.0 Å². The van der Waals surface area contributed by atoms with Crippen LogP contribution in [0.1, 0.15) is 59.3 Å². The zero-order chi connectivity index (χ0) is 39.2. The third-order valence-electron chi connectivity index (χ3n) is 8.73. The summed E-state index contributed by atoms with van der Waals surface area (Å²) in [6.07, 6.45) is -11.4. The first kappa shape index (κ1) is 43.7.